The number of aromatic nitrogens is 4. The van der Waals surface area contributed by atoms with E-state index in [4.69, 9.17) is 4.74 Å². The van der Waals surface area contributed by atoms with Gasteiger partial charge in [0.25, 0.3) is 0 Å². The Hall–Kier alpha value is -2.54. The highest BCUT2D eigenvalue weighted by Gasteiger charge is 2.30. The van der Waals surface area contributed by atoms with Crippen LogP contribution in [0.15, 0.2) is 35.5 Å². The molecule has 2 heterocycles. The molecule has 1 aliphatic carbocycles. The van der Waals surface area contributed by atoms with Gasteiger partial charge in [-0.05, 0) is 63.8 Å². The molecular formula is C24H30N4O2S. The summed E-state index contributed by atoms with van der Waals surface area (Å²) in [5.74, 6) is 3.03. The molecule has 1 saturated carbocycles. The Morgan fingerprint density at radius 2 is 1.90 bits per heavy atom. The molecule has 0 amide bonds. The van der Waals surface area contributed by atoms with E-state index in [9.17, 15) is 4.79 Å². The van der Waals surface area contributed by atoms with Crippen molar-refractivity contribution in [3.63, 3.8) is 0 Å². The topological polar surface area (TPSA) is 61.9 Å². The third-order valence-electron chi connectivity index (χ3n) is 5.99. The fourth-order valence-electron chi connectivity index (χ4n) is 4.02. The molecule has 7 heteroatoms. The lowest BCUT2D eigenvalue weighted by Gasteiger charge is -2.10. The first kappa shape index (κ1) is 21.7. The lowest BCUT2D eigenvalue weighted by molar-refractivity contribution is 0.102. The highest BCUT2D eigenvalue weighted by atomic mass is 32.2. The number of rotatable bonds is 10. The van der Waals surface area contributed by atoms with Crippen LogP contribution in [-0.2, 0) is 19.5 Å². The summed E-state index contributed by atoms with van der Waals surface area (Å²) in [7, 11) is 1.68. The van der Waals surface area contributed by atoms with Crippen LogP contribution in [0.3, 0.4) is 0 Å². The predicted octanol–water partition coefficient (Wildman–Crippen LogP) is 4.82. The molecular weight excluding hydrogens is 408 g/mol. The van der Waals surface area contributed by atoms with Gasteiger partial charge in [-0.1, -0.05) is 23.9 Å². The molecule has 1 fully saturated rings. The molecule has 2 aromatic heterocycles. The maximum absolute atomic E-state index is 13.0. The van der Waals surface area contributed by atoms with Gasteiger partial charge in [-0.2, -0.15) is 0 Å². The van der Waals surface area contributed by atoms with E-state index in [1.54, 1.807) is 7.11 Å². The molecule has 0 radical (unpaired) electrons. The molecule has 1 aromatic carbocycles. The summed E-state index contributed by atoms with van der Waals surface area (Å²) in [5.41, 5.74) is 4.21. The first-order valence-electron chi connectivity index (χ1n) is 10.9. The lowest BCUT2D eigenvalue weighted by atomic mass is 10.1. The third kappa shape index (κ3) is 4.71. The molecule has 0 N–H and O–H groups in total. The van der Waals surface area contributed by atoms with Gasteiger partial charge >= 0.3 is 0 Å². The summed E-state index contributed by atoms with van der Waals surface area (Å²) in [6.45, 7) is 7.91. The number of nitrogens with zero attached hydrogens (tertiary/aromatic N) is 4. The van der Waals surface area contributed by atoms with Crippen LogP contribution in [0.5, 0.6) is 5.75 Å². The normalized spacial score (nSPS) is 13.5. The van der Waals surface area contributed by atoms with Crippen molar-refractivity contribution in [3.8, 4) is 5.75 Å². The minimum atomic E-state index is 0.146. The molecule has 0 spiro atoms. The molecule has 6 nitrogen and oxygen atoms in total. The lowest BCUT2D eigenvalue weighted by Crippen LogP contribution is -2.09. The Kier molecular flexibility index (Phi) is 6.51. The molecule has 0 bridgehead atoms. The van der Waals surface area contributed by atoms with Crippen molar-refractivity contribution in [2.45, 2.75) is 64.2 Å². The summed E-state index contributed by atoms with van der Waals surface area (Å²) < 4.78 is 9.63. The minimum Gasteiger partial charge on any atom is -0.497 e. The molecule has 3 aromatic rings. The van der Waals surface area contributed by atoms with Gasteiger partial charge in [0.15, 0.2) is 10.9 Å². The van der Waals surface area contributed by atoms with E-state index < -0.39 is 0 Å². The molecule has 164 valence electrons. The molecule has 4 rings (SSSR count). The van der Waals surface area contributed by atoms with Crippen LogP contribution < -0.4 is 4.74 Å². The van der Waals surface area contributed by atoms with Crippen LogP contribution in [-0.4, -0.2) is 38.0 Å². The minimum absolute atomic E-state index is 0.146. The average Bonchev–Trinajstić information content (AvgIpc) is 3.48. The van der Waals surface area contributed by atoms with Crippen molar-refractivity contribution in [2.75, 3.05) is 12.9 Å². The number of thioether (sulfide) groups is 1. The molecule has 31 heavy (non-hydrogen) atoms. The van der Waals surface area contributed by atoms with E-state index >= 15 is 0 Å². The smallest absolute Gasteiger partial charge is 0.191 e. The third-order valence-corrected chi connectivity index (χ3v) is 6.96. The Bertz CT molecular complexity index is 1060. The van der Waals surface area contributed by atoms with Crippen molar-refractivity contribution >= 4 is 17.5 Å². The number of hydrogen-bond acceptors (Lipinski definition) is 5. The van der Waals surface area contributed by atoms with Gasteiger partial charge in [0.2, 0.25) is 0 Å². The van der Waals surface area contributed by atoms with Crippen molar-refractivity contribution in [2.24, 2.45) is 0 Å². The number of benzene rings is 1. The highest BCUT2D eigenvalue weighted by Crippen LogP contribution is 2.40. The van der Waals surface area contributed by atoms with Gasteiger partial charge < -0.3 is 13.9 Å². The standard InChI is InChI=1S/C24H30N4O2S/c1-5-27-23(19-8-9-19)25-26-24(27)31-15-22(29)21-14-16(2)28(17(21)3)13-12-18-6-10-20(30-4)11-7-18/h6-7,10-11,14,19H,5,8-9,12-13,15H2,1-4H3. The second-order valence-corrected chi connectivity index (χ2v) is 9.05. The zero-order valence-electron chi connectivity index (χ0n) is 18.7. The maximum Gasteiger partial charge on any atom is 0.191 e. The molecule has 0 unspecified atom stereocenters. The van der Waals surface area contributed by atoms with Crippen LogP contribution in [0.1, 0.15) is 58.8 Å². The van der Waals surface area contributed by atoms with Crippen LogP contribution in [0, 0.1) is 13.8 Å². The second kappa shape index (κ2) is 9.30. The number of carbonyl (C=O) groups is 1. The first-order valence-corrected chi connectivity index (χ1v) is 11.9. The Labute approximate surface area is 188 Å². The summed E-state index contributed by atoms with van der Waals surface area (Å²) in [4.78, 5) is 13.0. The number of Topliss-reactive ketones (excluding diaryl/α,β-unsaturated/α-hetero) is 1. The summed E-state index contributed by atoms with van der Waals surface area (Å²) >= 11 is 1.50. The Morgan fingerprint density at radius 3 is 2.55 bits per heavy atom. The molecule has 0 aliphatic heterocycles. The number of aryl methyl sites for hydroxylation is 2. The van der Waals surface area contributed by atoms with E-state index in [1.165, 1.54) is 30.2 Å². The summed E-state index contributed by atoms with van der Waals surface area (Å²) in [6.07, 6.45) is 3.31. The summed E-state index contributed by atoms with van der Waals surface area (Å²) in [5, 5.41) is 9.57. The van der Waals surface area contributed by atoms with Gasteiger partial charge in [0.1, 0.15) is 11.6 Å². The predicted molar refractivity (Wildman–Crippen MR) is 123 cm³/mol. The van der Waals surface area contributed by atoms with E-state index in [2.05, 4.69) is 45.3 Å². The van der Waals surface area contributed by atoms with Gasteiger partial charge in [-0.25, -0.2) is 0 Å². The molecule has 1 aliphatic rings. The van der Waals surface area contributed by atoms with Gasteiger partial charge in [0, 0.05) is 36.0 Å². The first-order chi connectivity index (χ1) is 15.0. The van der Waals surface area contributed by atoms with E-state index in [0.717, 1.165) is 53.2 Å². The fourth-order valence-corrected chi connectivity index (χ4v) is 4.91. The van der Waals surface area contributed by atoms with E-state index in [-0.39, 0.29) is 5.78 Å². The number of hydrogen-bond donors (Lipinski definition) is 0. The SMILES string of the molecule is CCn1c(SCC(=O)c2cc(C)n(CCc3ccc(OC)cc3)c2C)nnc1C1CC1. The zero-order valence-corrected chi connectivity index (χ0v) is 19.5. The monoisotopic (exact) mass is 438 g/mol. The Balaban J connectivity index is 1.40. The van der Waals surface area contributed by atoms with Gasteiger partial charge in [-0.3, -0.25) is 4.79 Å². The van der Waals surface area contributed by atoms with Crippen LogP contribution in [0.4, 0.5) is 0 Å². The number of ketones is 1. The highest BCUT2D eigenvalue weighted by molar-refractivity contribution is 7.99. The van der Waals surface area contributed by atoms with Crippen LogP contribution in [0.2, 0.25) is 0 Å². The van der Waals surface area contributed by atoms with Gasteiger partial charge in [0.05, 0.1) is 12.9 Å². The quantitative estimate of drug-likeness (QED) is 0.335. The number of carbonyl (C=O) groups excluding carboxylic acids is 1. The van der Waals surface area contributed by atoms with Crippen molar-refractivity contribution in [3.05, 3.63) is 58.7 Å². The average molecular weight is 439 g/mol. The van der Waals surface area contributed by atoms with Crippen LogP contribution >= 0.6 is 11.8 Å². The van der Waals surface area contributed by atoms with E-state index in [0.29, 0.717) is 11.7 Å². The zero-order chi connectivity index (χ0) is 22.0. The number of methoxy groups -OCH3 is 1. The number of ether oxygens (including phenoxy) is 1. The fraction of sp³-hybridized carbons (Fsp3) is 0.458. The van der Waals surface area contributed by atoms with E-state index in [1.807, 2.05) is 25.1 Å². The maximum atomic E-state index is 13.0. The second-order valence-electron chi connectivity index (χ2n) is 8.11. The summed E-state index contributed by atoms with van der Waals surface area (Å²) in [6, 6.07) is 10.2. The molecule has 0 atom stereocenters. The Morgan fingerprint density at radius 1 is 1.16 bits per heavy atom. The largest absolute Gasteiger partial charge is 0.497 e. The van der Waals surface area contributed by atoms with Crippen molar-refractivity contribution in [1.29, 1.82) is 0 Å². The van der Waals surface area contributed by atoms with Crippen molar-refractivity contribution in [1.82, 2.24) is 19.3 Å². The van der Waals surface area contributed by atoms with Crippen LogP contribution in [0.25, 0.3) is 0 Å². The molecule has 0 saturated heterocycles. The van der Waals surface area contributed by atoms with Crippen molar-refractivity contribution < 1.29 is 9.53 Å². The van der Waals surface area contributed by atoms with Gasteiger partial charge in [-0.15, -0.1) is 10.2 Å².